The molecule has 0 N–H and O–H groups in total. The van der Waals surface area contributed by atoms with E-state index in [9.17, 15) is 0 Å². The molecule has 1 fully saturated rings. The highest BCUT2D eigenvalue weighted by Gasteiger charge is 2.39. The Bertz CT molecular complexity index is 331. The van der Waals surface area contributed by atoms with Crippen LogP contribution in [0.4, 0.5) is 0 Å². The Hall–Kier alpha value is -1.03. The van der Waals surface area contributed by atoms with E-state index in [-0.39, 0.29) is 5.54 Å². The van der Waals surface area contributed by atoms with Crippen LogP contribution in [-0.2, 0) is 0 Å². The van der Waals surface area contributed by atoms with Crippen LogP contribution in [0, 0.1) is 12.5 Å². The SMILES string of the molecule is C#[N+]C1(C)CCC(C(=C)CCC=C(C)C)CC1. The van der Waals surface area contributed by atoms with E-state index in [0.29, 0.717) is 5.92 Å². The molecule has 0 heterocycles. The van der Waals surface area contributed by atoms with E-state index in [4.69, 9.17) is 6.57 Å². The van der Waals surface area contributed by atoms with Crippen molar-refractivity contribution in [2.75, 3.05) is 0 Å². The van der Waals surface area contributed by atoms with Gasteiger partial charge in [0.1, 0.15) is 0 Å². The fourth-order valence-corrected chi connectivity index (χ4v) is 2.53. The predicted octanol–water partition coefficient (Wildman–Crippen LogP) is 5.20. The highest BCUT2D eigenvalue weighted by molar-refractivity contribution is 5.09. The van der Waals surface area contributed by atoms with Crippen molar-refractivity contribution < 1.29 is 0 Å². The molecule has 0 radical (unpaired) electrons. The Balaban J connectivity index is 2.37. The highest BCUT2D eigenvalue weighted by Crippen LogP contribution is 2.38. The van der Waals surface area contributed by atoms with Gasteiger partial charge in [-0.3, -0.25) is 0 Å². The number of hydrogen-bond donors (Lipinski definition) is 0. The first-order chi connectivity index (χ1) is 7.97. The summed E-state index contributed by atoms with van der Waals surface area (Å²) >= 11 is 0. The monoisotopic (exact) mass is 232 g/mol. The molecule has 1 rings (SSSR count). The van der Waals surface area contributed by atoms with Gasteiger partial charge in [0.25, 0.3) is 12.1 Å². The normalized spacial score (nSPS) is 28.2. The molecule has 1 heteroatoms. The molecule has 1 saturated carbocycles. The van der Waals surface area contributed by atoms with Crippen LogP contribution < -0.4 is 0 Å². The molecule has 0 unspecified atom stereocenters. The molecule has 0 atom stereocenters. The molecule has 0 aromatic carbocycles. The molecular weight excluding hydrogens is 206 g/mol. The van der Waals surface area contributed by atoms with E-state index in [1.54, 1.807) is 0 Å². The van der Waals surface area contributed by atoms with E-state index in [1.807, 2.05) is 0 Å². The van der Waals surface area contributed by atoms with Crippen LogP contribution in [0.1, 0.15) is 59.3 Å². The van der Waals surface area contributed by atoms with Crippen LogP contribution in [0.2, 0.25) is 0 Å². The summed E-state index contributed by atoms with van der Waals surface area (Å²) < 4.78 is 0. The second-order valence-electron chi connectivity index (χ2n) is 5.88. The van der Waals surface area contributed by atoms with Crippen LogP contribution >= 0.6 is 0 Å². The third kappa shape index (κ3) is 4.38. The number of rotatable bonds is 4. The first kappa shape index (κ1) is 14.0. The lowest BCUT2D eigenvalue weighted by atomic mass is 9.75. The molecule has 1 nitrogen and oxygen atoms in total. The van der Waals surface area contributed by atoms with Gasteiger partial charge in [0.05, 0.1) is 0 Å². The van der Waals surface area contributed by atoms with Crippen LogP contribution in [0.25, 0.3) is 4.85 Å². The van der Waals surface area contributed by atoms with E-state index >= 15 is 0 Å². The van der Waals surface area contributed by atoms with Crippen LogP contribution in [0.15, 0.2) is 23.8 Å². The van der Waals surface area contributed by atoms with Crippen molar-refractivity contribution in [2.45, 2.75) is 64.8 Å². The van der Waals surface area contributed by atoms with Gasteiger partial charge in [-0.25, -0.2) is 0 Å². The summed E-state index contributed by atoms with van der Waals surface area (Å²) in [4.78, 5) is 4.02. The fourth-order valence-electron chi connectivity index (χ4n) is 2.53. The van der Waals surface area contributed by atoms with Gasteiger partial charge in [-0.05, 0) is 45.4 Å². The van der Waals surface area contributed by atoms with Crippen molar-refractivity contribution >= 4 is 0 Å². The molecule has 0 aromatic rings. The largest absolute Gasteiger partial charge is 0.278 e. The summed E-state index contributed by atoms with van der Waals surface area (Å²) in [5, 5.41) is 0. The van der Waals surface area contributed by atoms with E-state index in [2.05, 4.69) is 38.3 Å². The van der Waals surface area contributed by atoms with Gasteiger partial charge in [0.2, 0.25) is 0 Å². The quantitative estimate of drug-likeness (QED) is 0.587. The molecule has 0 saturated heterocycles. The Morgan fingerprint density at radius 1 is 1.41 bits per heavy atom. The van der Waals surface area contributed by atoms with Gasteiger partial charge in [-0.2, -0.15) is 0 Å². The van der Waals surface area contributed by atoms with E-state index < -0.39 is 0 Å². The maximum atomic E-state index is 5.47. The molecule has 17 heavy (non-hydrogen) atoms. The van der Waals surface area contributed by atoms with Crippen molar-refractivity contribution in [3.8, 4) is 6.57 Å². The number of allylic oxidation sites excluding steroid dienone is 3. The Kier molecular flexibility index (Phi) is 5.00. The average molecular weight is 232 g/mol. The van der Waals surface area contributed by atoms with Crippen molar-refractivity contribution in [1.29, 1.82) is 0 Å². The second-order valence-corrected chi connectivity index (χ2v) is 5.88. The summed E-state index contributed by atoms with van der Waals surface area (Å²) in [6.45, 7) is 16.2. The summed E-state index contributed by atoms with van der Waals surface area (Å²) in [6, 6.07) is 0. The highest BCUT2D eigenvalue weighted by atomic mass is 14.8. The zero-order valence-electron chi connectivity index (χ0n) is 11.6. The second kappa shape index (κ2) is 6.05. The summed E-state index contributed by atoms with van der Waals surface area (Å²) in [5.41, 5.74) is 2.84. The maximum Gasteiger partial charge on any atom is 0.278 e. The lowest BCUT2D eigenvalue weighted by Gasteiger charge is -2.27. The number of nitrogens with zero attached hydrogens (tertiary/aromatic N) is 1. The van der Waals surface area contributed by atoms with Crippen molar-refractivity contribution in [3.63, 3.8) is 0 Å². The van der Waals surface area contributed by atoms with Gasteiger partial charge in [-0.15, -0.1) is 0 Å². The lowest BCUT2D eigenvalue weighted by molar-refractivity contribution is 0.308. The van der Waals surface area contributed by atoms with Crippen molar-refractivity contribution in [2.24, 2.45) is 5.92 Å². The van der Waals surface area contributed by atoms with Crippen molar-refractivity contribution in [1.82, 2.24) is 0 Å². The van der Waals surface area contributed by atoms with E-state index in [1.165, 1.54) is 24.0 Å². The molecule has 94 valence electrons. The van der Waals surface area contributed by atoms with Gasteiger partial charge >= 0.3 is 0 Å². The Morgan fingerprint density at radius 3 is 2.47 bits per heavy atom. The van der Waals surface area contributed by atoms with Crippen molar-refractivity contribution in [3.05, 3.63) is 28.6 Å². The summed E-state index contributed by atoms with van der Waals surface area (Å²) in [5.74, 6) is 0.690. The Labute approximate surface area is 106 Å². The lowest BCUT2D eigenvalue weighted by Crippen LogP contribution is -2.27. The maximum absolute atomic E-state index is 5.47. The van der Waals surface area contributed by atoms with Crippen LogP contribution in [0.3, 0.4) is 0 Å². The minimum absolute atomic E-state index is 0.0245. The van der Waals surface area contributed by atoms with Crippen LogP contribution in [0.5, 0.6) is 0 Å². The molecule has 0 aromatic heterocycles. The smallest absolute Gasteiger partial charge is 0.0996 e. The third-order valence-electron chi connectivity index (χ3n) is 3.97. The zero-order valence-corrected chi connectivity index (χ0v) is 11.6. The Morgan fingerprint density at radius 2 is 2.00 bits per heavy atom. The molecule has 1 aliphatic rings. The minimum atomic E-state index is 0.0245. The van der Waals surface area contributed by atoms with Gasteiger partial charge in [0, 0.05) is 19.8 Å². The molecular formula is C16H26N+. The number of hydrogen-bond acceptors (Lipinski definition) is 0. The van der Waals surface area contributed by atoms with Gasteiger partial charge in [-0.1, -0.05) is 28.6 Å². The molecule has 1 aliphatic carbocycles. The molecule has 0 amide bonds. The zero-order chi connectivity index (χ0) is 12.9. The fraction of sp³-hybridized carbons (Fsp3) is 0.688. The predicted molar refractivity (Wildman–Crippen MR) is 76.5 cm³/mol. The van der Waals surface area contributed by atoms with Gasteiger partial charge in [0.15, 0.2) is 0 Å². The van der Waals surface area contributed by atoms with E-state index in [0.717, 1.165) is 25.7 Å². The first-order valence-electron chi connectivity index (χ1n) is 6.70. The topological polar surface area (TPSA) is 4.36 Å². The molecule has 0 bridgehead atoms. The minimum Gasteiger partial charge on any atom is -0.0996 e. The standard InChI is InChI=1S/C16H26N/c1-13(2)7-6-8-14(3)15-9-11-16(4,17-5)12-10-15/h5,7,15H,3,6,8-12H2,1-2,4H3/q+1. The van der Waals surface area contributed by atoms with Crippen LogP contribution in [-0.4, -0.2) is 5.54 Å². The van der Waals surface area contributed by atoms with Gasteiger partial charge < -0.3 is 0 Å². The third-order valence-corrected chi connectivity index (χ3v) is 3.97. The molecule has 0 spiro atoms. The average Bonchev–Trinajstić information content (AvgIpc) is 2.29. The summed E-state index contributed by atoms with van der Waals surface area (Å²) in [6.07, 6.45) is 9.18. The summed E-state index contributed by atoms with van der Waals surface area (Å²) in [7, 11) is 0. The first-order valence-corrected chi connectivity index (χ1v) is 6.70. The molecule has 0 aliphatic heterocycles.